The van der Waals surface area contributed by atoms with Crippen LogP contribution in [0.4, 0.5) is 0 Å². The molecule has 0 radical (unpaired) electrons. The van der Waals surface area contributed by atoms with Crippen LogP contribution in [0, 0.1) is 5.41 Å². The van der Waals surface area contributed by atoms with Crippen LogP contribution in [-0.4, -0.2) is 23.3 Å². The van der Waals surface area contributed by atoms with E-state index in [0.717, 1.165) is 12.1 Å². The number of Topliss-reactive ketones (excluding diaryl/α,β-unsaturated/α-hetero) is 1. The zero-order valence-electron chi connectivity index (χ0n) is 15.5. The molecule has 1 aromatic heterocycles. The highest BCUT2D eigenvalue weighted by Crippen LogP contribution is 2.47. The number of nitrogens with zero attached hydrogens (tertiary/aromatic N) is 1. The van der Waals surface area contributed by atoms with Crippen molar-refractivity contribution in [3.05, 3.63) is 51.6 Å². The highest BCUT2D eigenvalue weighted by molar-refractivity contribution is 6.30. The first-order valence-electron chi connectivity index (χ1n) is 8.76. The molecule has 0 amide bonds. The second-order valence-electron chi connectivity index (χ2n) is 7.53. The summed E-state index contributed by atoms with van der Waals surface area (Å²) >= 11 is 6.35. The molecule has 6 heteroatoms. The summed E-state index contributed by atoms with van der Waals surface area (Å²) < 4.78 is 5.27. The van der Waals surface area contributed by atoms with Crippen molar-refractivity contribution in [2.24, 2.45) is 5.41 Å². The summed E-state index contributed by atoms with van der Waals surface area (Å²) in [6, 6.07) is 3.58. The first-order chi connectivity index (χ1) is 12.2. The van der Waals surface area contributed by atoms with E-state index in [4.69, 9.17) is 16.3 Å². The van der Waals surface area contributed by atoms with Gasteiger partial charge in [-0.1, -0.05) is 31.5 Å². The first-order valence-corrected chi connectivity index (χ1v) is 9.14. The molecule has 138 valence electrons. The first kappa shape index (κ1) is 18.6. The van der Waals surface area contributed by atoms with Crippen molar-refractivity contribution >= 4 is 23.4 Å². The maximum absolute atomic E-state index is 13.0. The van der Waals surface area contributed by atoms with Crippen LogP contribution in [-0.2, 0) is 14.3 Å². The van der Waals surface area contributed by atoms with Crippen LogP contribution in [0.1, 0.15) is 52.0 Å². The van der Waals surface area contributed by atoms with Gasteiger partial charge in [-0.25, -0.2) is 9.78 Å². The van der Waals surface area contributed by atoms with Crippen LogP contribution in [0.5, 0.6) is 0 Å². The normalized spacial score (nSPS) is 22.0. The number of esters is 1. The lowest BCUT2D eigenvalue weighted by atomic mass is 9.69. The van der Waals surface area contributed by atoms with Crippen LogP contribution < -0.4 is 5.32 Å². The standard InChI is InChI=1S/C20H23ClN2O3/c1-5-26-19(25)15-11(2)23-13-9-20(3,4)10-14(24)17(13)16(15)12-7-6-8-22-18(12)21/h6-8,16,23H,5,9-10H2,1-4H3/t16-/m1/s1. The molecular weight excluding hydrogens is 352 g/mol. The van der Waals surface area contributed by atoms with Crippen LogP contribution >= 0.6 is 11.6 Å². The van der Waals surface area contributed by atoms with Gasteiger partial charge in [0.1, 0.15) is 5.15 Å². The molecule has 1 N–H and O–H groups in total. The summed E-state index contributed by atoms with van der Waals surface area (Å²) in [5.74, 6) is -0.968. The van der Waals surface area contributed by atoms with Crippen LogP contribution in [0.25, 0.3) is 0 Å². The van der Waals surface area contributed by atoms with E-state index in [2.05, 4.69) is 24.1 Å². The smallest absolute Gasteiger partial charge is 0.336 e. The number of rotatable bonds is 3. The molecule has 1 aromatic rings. The van der Waals surface area contributed by atoms with Crippen LogP contribution in [0.3, 0.4) is 0 Å². The van der Waals surface area contributed by atoms with Gasteiger partial charge < -0.3 is 10.1 Å². The lowest BCUT2D eigenvalue weighted by molar-refractivity contribution is -0.138. The van der Waals surface area contributed by atoms with Gasteiger partial charge in [-0.2, -0.15) is 0 Å². The number of carbonyl (C=O) groups excluding carboxylic acids is 2. The van der Waals surface area contributed by atoms with Gasteiger partial charge in [0, 0.05) is 35.1 Å². The maximum atomic E-state index is 13.0. The Morgan fingerprint density at radius 1 is 1.42 bits per heavy atom. The summed E-state index contributed by atoms with van der Waals surface area (Å²) in [6.45, 7) is 8.00. The molecule has 1 aliphatic heterocycles. The van der Waals surface area contributed by atoms with E-state index >= 15 is 0 Å². The highest BCUT2D eigenvalue weighted by Gasteiger charge is 2.43. The van der Waals surface area contributed by atoms with Crippen molar-refractivity contribution in [2.75, 3.05) is 6.61 Å². The number of dihydropyridines is 1. The average Bonchev–Trinajstić information content (AvgIpc) is 2.53. The minimum absolute atomic E-state index is 0.0305. The summed E-state index contributed by atoms with van der Waals surface area (Å²) in [6.07, 6.45) is 2.75. The summed E-state index contributed by atoms with van der Waals surface area (Å²) in [5.41, 5.74) is 3.10. The molecule has 0 saturated carbocycles. The Hall–Kier alpha value is -2.14. The zero-order chi connectivity index (χ0) is 19.1. The third-order valence-corrected chi connectivity index (χ3v) is 5.15. The largest absolute Gasteiger partial charge is 0.463 e. The number of pyridine rings is 1. The molecule has 0 fully saturated rings. The van der Waals surface area contributed by atoms with Gasteiger partial charge >= 0.3 is 5.97 Å². The van der Waals surface area contributed by atoms with Crippen molar-refractivity contribution in [1.29, 1.82) is 0 Å². The number of aromatic nitrogens is 1. The number of hydrogen-bond acceptors (Lipinski definition) is 5. The van der Waals surface area contributed by atoms with Crippen LogP contribution in [0.2, 0.25) is 5.15 Å². The molecule has 5 nitrogen and oxygen atoms in total. The third-order valence-electron chi connectivity index (χ3n) is 4.83. The minimum Gasteiger partial charge on any atom is -0.463 e. The van der Waals surface area contributed by atoms with Crippen LogP contribution in [0.15, 0.2) is 40.9 Å². The Morgan fingerprint density at radius 2 is 2.15 bits per heavy atom. The lowest BCUT2D eigenvalue weighted by Gasteiger charge is -2.39. The van der Waals surface area contributed by atoms with Crippen molar-refractivity contribution in [3.8, 4) is 0 Å². The molecule has 0 spiro atoms. The highest BCUT2D eigenvalue weighted by atomic mass is 35.5. The quantitative estimate of drug-likeness (QED) is 0.641. The Morgan fingerprint density at radius 3 is 2.81 bits per heavy atom. The van der Waals surface area contributed by atoms with Gasteiger partial charge in [0.25, 0.3) is 0 Å². The predicted octanol–water partition coefficient (Wildman–Crippen LogP) is 3.90. The topological polar surface area (TPSA) is 68.3 Å². The van der Waals surface area contributed by atoms with E-state index in [1.807, 2.05) is 13.0 Å². The number of ether oxygens (including phenoxy) is 1. The van der Waals surface area contributed by atoms with Gasteiger partial charge in [0.2, 0.25) is 0 Å². The molecular formula is C20H23ClN2O3. The monoisotopic (exact) mass is 374 g/mol. The number of hydrogen-bond donors (Lipinski definition) is 1. The Balaban J connectivity index is 2.21. The predicted molar refractivity (Wildman–Crippen MR) is 99.5 cm³/mol. The molecule has 1 atom stereocenters. The second kappa shape index (κ2) is 6.88. The molecule has 1 aliphatic carbocycles. The molecule has 0 bridgehead atoms. The summed E-state index contributed by atoms with van der Waals surface area (Å²) in [7, 11) is 0. The van der Waals surface area contributed by atoms with E-state index < -0.39 is 11.9 Å². The van der Waals surface area contributed by atoms with E-state index in [0.29, 0.717) is 34.0 Å². The molecule has 0 aromatic carbocycles. The molecule has 26 heavy (non-hydrogen) atoms. The minimum atomic E-state index is -0.560. The number of carbonyl (C=O) groups is 2. The molecule has 2 aliphatic rings. The zero-order valence-corrected chi connectivity index (χ0v) is 16.2. The number of allylic oxidation sites excluding steroid dienone is 3. The van der Waals surface area contributed by atoms with E-state index in [1.54, 1.807) is 19.2 Å². The Bertz CT molecular complexity index is 839. The average molecular weight is 375 g/mol. The van der Waals surface area contributed by atoms with Crippen molar-refractivity contribution < 1.29 is 14.3 Å². The fourth-order valence-electron chi connectivity index (χ4n) is 3.84. The molecule has 0 unspecified atom stereocenters. The van der Waals surface area contributed by atoms with E-state index in [-0.39, 0.29) is 17.8 Å². The Kier molecular flexibility index (Phi) is 4.93. The fourth-order valence-corrected chi connectivity index (χ4v) is 4.07. The number of nitrogens with one attached hydrogen (secondary N) is 1. The van der Waals surface area contributed by atoms with Crippen molar-refractivity contribution in [2.45, 2.75) is 46.5 Å². The van der Waals surface area contributed by atoms with Gasteiger partial charge in [-0.15, -0.1) is 0 Å². The molecule has 2 heterocycles. The fraction of sp³-hybridized carbons (Fsp3) is 0.450. The molecule has 3 rings (SSSR count). The second-order valence-corrected chi connectivity index (χ2v) is 7.89. The van der Waals surface area contributed by atoms with Gasteiger partial charge in [-0.3, -0.25) is 4.79 Å². The van der Waals surface area contributed by atoms with E-state index in [9.17, 15) is 9.59 Å². The maximum Gasteiger partial charge on any atom is 0.336 e. The third kappa shape index (κ3) is 3.28. The molecule has 0 saturated heterocycles. The summed E-state index contributed by atoms with van der Waals surface area (Å²) in [4.78, 5) is 29.9. The van der Waals surface area contributed by atoms with Gasteiger partial charge in [-0.05, 0) is 31.7 Å². The summed E-state index contributed by atoms with van der Waals surface area (Å²) in [5, 5.41) is 3.58. The number of ketones is 1. The number of halogens is 1. The van der Waals surface area contributed by atoms with Gasteiger partial charge in [0.15, 0.2) is 5.78 Å². The van der Waals surface area contributed by atoms with E-state index in [1.165, 1.54) is 0 Å². The van der Waals surface area contributed by atoms with Crippen molar-refractivity contribution in [1.82, 2.24) is 10.3 Å². The SMILES string of the molecule is CCOC(=O)C1=C(C)NC2=C(C(=O)CC(C)(C)C2)[C@@H]1c1cccnc1Cl. The van der Waals surface area contributed by atoms with Crippen molar-refractivity contribution in [3.63, 3.8) is 0 Å². The van der Waals surface area contributed by atoms with Gasteiger partial charge in [0.05, 0.1) is 18.1 Å². The lowest BCUT2D eigenvalue weighted by Crippen LogP contribution is -2.38. The Labute approximate surface area is 158 Å².